The lowest BCUT2D eigenvalue weighted by Gasteiger charge is -1.99. The highest BCUT2D eigenvalue weighted by molar-refractivity contribution is 7.99. The number of nitrogens with zero attached hydrogens (tertiary/aromatic N) is 3. The molecule has 1 amide bonds. The first-order valence-electron chi connectivity index (χ1n) is 6.95. The highest BCUT2D eigenvalue weighted by atomic mass is 32.2. The summed E-state index contributed by atoms with van der Waals surface area (Å²) in [5, 5.41) is 11.1. The van der Waals surface area contributed by atoms with E-state index >= 15 is 0 Å². The van der Waals surface area contributed by atoms with Gasteiger partial charge in [-0.3, -0.25) is 9.89 Å². The smallest absolute Gasteiger partial charge is 0.235 e. The van der Waals surface area contributed by atoms with E-state index in [4.69, 9.17) is 0 Å². The number of hydrogen-bond donors (Lipinski definition) is 2. The summed E-state index contributed by atoms with van der Waals surface area (Å²) in [6.45, 7) is 3.93. The predicted molar refractivity (Wildman–Crippen MR) is 92.8 cm³/mol. The van der Waals surface area contributed by atoms with Crippen LogP contribution in [0, 0.1) is 13.8 Å². The molecule has 0 atom stereocenters. The summed E-state index contributed by atoms with van der Waals surface area (Å²) in [5.74, 6) is 0.855. The van der Waals surface area contributed by atoms with E-state index in [2.05, 4.69) is 24.9 Å². The molecule has 6 nitrogen and oxygen atoms in total. The standard InChI is InChI=1S/C15H15N5OS2/c1-9-3-5-11(6-4-9)14-17-15(19-18-14)22-8-12(21)16-13-7-10(2)20-23-13/h3-7H,8H2,1-2H3,(H,16,21)(H,17,18,19). The quantitative estimate of drug-likeness (QED) is 0.693. The maximum atomic E-state index is 11.9. The van der Waals surface area contributed by atoms with Crippen molar-refractivity contribution < 1.29 is 4.79 Å². The minimum atomic E-state index is -0.0969. The molecule has 2 N–H and O–H groups in total. The molecular formula is C15H15N5OS2. The van der Waals surface area contributed by atoms with Gasteiger partial charge >= 0.3 is 0 Å². The molecule has 0 aliphatic carbocycles. The summed E-state index contributed by atoms with van der Waals surface area (Å²) in [5.41, 5.74) is 3.06. The van der Waals surface area contributed by atoms with Gasteiger partial charge in [0.25, 0.3) is 0 Å². The van der Waals surface area contributed by atoms with Gasteiger partial charge in [-0.1, -0.05) is 41.6 Å². The number of carbonyl (C=O) groups excluding carboxylic acids is 1. The number of anilines is 1. The molecule has 0 fully saturated rings. The molecule has 3 aromatic rings. The van der Waals surface area contributed by atoms with Crippen molar-refractivity contribution >= 4 is 34.2 Å². The Hall–Kier alpha value is -2.19. The molecule has 8 heteroatoms. The number of carbonyl (C=O) groups is 1. The number of aromatic amines is 1. The van der Waals surface area contributed by atoms with Crippen LogP contribution in [-0.4, -0.2) is 31.2 Å². The van der Waals surface area contributed by atoms with Gasteiger partial charge in [0.1, 0.15) is 5.00 Å². The Bertz CT molecular complexity index is 809. The van der Waals surface area contributed by atoms with E-state index in [0.717, 1.165) is 16.3 Å². The first-order valence-corrected chi connectivity index (χ1v) is 8.71. The van der Waals surface area contributed by atoms with E-state index < -0.39 is 0 Å². The van der Waals surface area contributed by atoms with Gasteiger partial charge in [-0.05, 0) is 31.4 Å². The van der Waals surface area contributed by atoms with E-state index in [9.17, 15) is 4.79 Å². The van der Waals surface area contributed by atoms with Gasteiger partial charge in [0, 0.05) is 5.56 Å². The van der Waals surface area contributed by atoms with Crippen LogP contribution < -0.4 is 5.32 Å². The van der Waals surface area contributed by atoms with E-state index in [0.29, 0.717) is 11.0 Å². The Morgan fingerprint density at radius 1 is 1.30 bits per heavy atom. The van der Waals surface area contributed by atoms with Crippen LogP contribution in [0.2, 0.25) is 0 Å². The van der Waals surface area contributed by atoms with Gasteiger partial charge in [0.15, 0.2) is 5.82 Å². The maximum absolute atomic E-state index is 11.9. The molecule has 1 aromatic carbocycles. The topological polar surface area (TPSA) is 83.6 Å². The highest BCUT2D eigenvalue weighted by Gasteiger charge is 2.10. The molecule has 0 saturated heterocycles. The minimum Gasteiger partial charge on any atom is -0.316 e. The van der Waals surface area contributed by atoms with Crippen molar-refractivity contribution in [1.29, 1.82) is 0 Å². The van der Waals surface area contributed by atoms with Gasteiger partial charge in [0.2, 0.25) is 11.1 Å². The first-order chi connectivity index (χ1) is 11.1. The zero-order valence-corrected chi connectivity index (χ0v) is 14.3. The Labute approximate surface area is 141 Å². The molecule has 2 aromatic heterocycles. The van der Waals surface area contributed by atoms with Crippen molar-refractivity contribution in [3.05, 3.63) is 41.6 Å². The number of thioether (sulfide) groups is 1. The second-order valence-electron chi connectivity index (χ2n) is 5.00. The van der Waals surface area contributed by atoms with Gasteiger partial charge < -0.3 is 5.32 Å². The van der Waals surface area contributed by atoms with E-state index in [1.54, 1.807) is 0 Å². The van der Waals surface area contributed by atoms with Crippen molar-refractivity contribution in [1.82, 2.24) is 19.6 Å². The monoisotopic (exact) mass is 345 g/mol. The average Bonchev–Trinajstić information content (AvgIpc) is 3.15. The SMILES string of the molecule is Cc1ccc(-c2nc(SCC(=O)Nc3cc(C)ns3)n[nH]2)cc1. The van der Waals surface area contributed by atoms with Gasteiger partial charge in [-0.15, -0.1) is 5.10 Å². The molecule has 0 saturated carbocycles. The number of nitrogens with one attached hydrogen (secondary N) is 2. The van der Waals surface area contributed by atoms with Crippen LogP contribution in [0.5, 0.6) is 0 Å². The van der Waals surface area contributed by atoms with Crippen LogP contribution in [0.25, 0.3) is 11.4 Å². The van der Waals surface area contributed by atoms with Crippen LogP contribution in [0.15, 0.2) is 35.5 Å². The number of hydrogen-bond acceptors (Lipinski definition) is 6. The normalized spacial score (nSPS) is 10.7. The van der Waals surface area contributed by atoms with Crippen molar-refractivity contribution in [3.63, 3.8) is 0 Å². The average molecular weight is 345 g/mol. The minimum absolute atomic E-state index is 0.0969. The Kier molecular flexibility index (Phi) is 4.73. The number of rotatable bonds is 5. The molecule has 118 valence electrons. The summed E-state index contributed by atoms with van der Waals surface area (Å²) < 4.78 is 4.12. The van der Waals surface area contributed by atoms with Crippen LogP contribution in [0.4, 0.5) is 5.00 Å². The molecule has 0 aliphatic heterocycles. The van der Waals surface area contributed by atoms with E-state index in [-0.39, 0.29) is 11.7 Å². The van der Waals surface area contributed by atoms with Gasteiger partial charge in [-0.25, -0.2) is 4.98 Å². The van der Waals surface area contributed by atoms with Crippen LogP contribution >= 0.6 is 23.3 Å². The van der Waals surface area contributed by atoms with E-state index in [1.165, 1.54) is 28.9 Å². The first kappa shape index (κ1) is 15.7. The predicted octanol–water partition coefficient (Wildman–Crippen LogP) is 3.28. The van der Waals surface area contributed by atoms with Crippen LogP contribution in [0.3, 0.4) is 0 Å². The van der Waals surface area contributed by atoms with Crippen molar-refractivity contribution in [2.75, 3.05) is 11.1 Å². The Morgan fingerprint density at radius 2 is 2.09 bits per heavy atom. The fraction of sp³-hybridized carbons (Fsp3) is 0.200. The molecule has 0 aliphatic rings. The third-order valence-electron chi connectivity index (χ3n) is 3.01. The molecular weight excluding hydrogens is 330 g/mol. The Balaban J connectivity index is 1.56. The molecule has 0 unspecified atom stereocenters. The van der Waals surface area contributed by atoms with Crippen LogP contribution in [-0.2, 0) is 4.79 Å². The molecule has 3 rings (SSSR count). The summed E-state index contributed by atoms with van der Waals surface area (Å²) >= 11 is 2.57. The molecule has 23 heavy (non-hydrogen) atoms. The lowest BCUT2D eigenvalue weighted by Crippen LogP contribution is -2.13. The summed E-state index contributed by atoms with van der Waals surface area (Å²) in [6, 6.07) is 9.87. The Morgan fingerprint density at radius 3 is 2.78 bits per heavy atom. The van der Waals surface area contributed by atoms with Crippen LogP contribution in [0.1, 0.15) is 11.3 Å². The number of aromatic nitrogens is 4. The summed E-state index contributed by atoms with van der Waals surface area (Å²) in [6.07, 6.45) is 0. The fourth-order valence-electron chi connectivity index (χ4n) is 1.88. The zero-order chi connectivity index (χ0) is 16.2. The molecule has 2 heterocycles. The molecule has 0 bridgehead atoms. The fourth-order valence-corrected chi connectivity index (χ4v) is 3.15. The number of amides is 1. The second kappa shape index (κ2) is 6.93. The molecule has 0 spiro atoms. The van der Waals surface area contributed by atoms with E-state index in [1.807, 2.05) is 44.2 Å². The number of H-pyrrole nitrogens is 1. The van der Waals surface area contributed by atoms with Gasteiger partial charge in [0.05, 0.1) is 11.4 Å². The van der Waals surface area contributed by atoms with Crippen molar-refractivity contribution in [2.24, 2.45) is 0 Å². The number of benzene rings is 1. The highest BCUT2D eigenvalue weighted by Crippen LogP contribution is 2.20. The summed E-state index contributed by atoms with van der Waals surface area (Å²) in [7, 11) is 0. The largest absolute Gasteiger partial charge is 0.316 e. The van der Waals surface area contributed by atoms with Crippen molar-refractivity contribution in [2.45, 2.75) is 19.0 Å². The zero-order valence-electron chi connectivity index (χ0n) is 12.7. The third kappa shape index (κ3) is 4.17. The maximum Gasteiger partial charge on any atom is 0.235 e. The molecule has 0 radical (unpaired) electrons. The third-order valence-corrected chi connectivity index (χ3v) is 4.66. The lowest BCUT2D eigenvalue weighted by molar-refractivity contribution is -0.113. The second-order valence-corrected chi connectivity index (χ2v) is 6.75. The summed E-state index contributed by atoms with van der Waals surface area (Å²) in [4.78, 5) is 16.3. The lowest BCUT2D eigenvalue weighted by atomic mass is 10.1. The number of aryl methyl sites for hydroxylation is 2. The van der Waals surface area contributed by atoms with Crippen molar-refractivity contribution in [3.8, 4) is 11.4 Å². The van der Waals surface area contributed by atoms with Gasteiger partial charge in [-0.2, -0.15) is 4.37 Å².